The summed E-state index contributed by atoms with van der Waals surface area (Å²) >= 11 is 0. The summed E-state index contributed by atoms with van der Waals surface area (Å²) in [7, 11) is 0. The summed E-state index contributed by atoms with van der Waals surface area (Å²) in [5.41, 5.74) is 2.31. The van der Waals surface area contributed by atoms with Crippen molar-refractivity contribution in [3.8, 4) is 0 Å². The zero-order valence-corrected chi connectivity index (χ0v) is 17.9. The third kappa shape index (κ3) is 4.38. The minimum Gasteiger partial charge on any atom is -0.449 e. The number of carbonyl (C=O) groups is 2. The highest BCUT2D eigenvalue weighted by atomic mass is 19.4. The summed E-state index contributed by atoms with van der Waals surface area (Å²) in [6.45, 7) is 7.88. The predicted octanol–water partition coefficient (Wildman–Crippen LogP) is 5.72. The Balaban J connectivity index is 2.06. The van der Waals surface area contributed by atoms with Gasteiger partial charge >= 0.3 is 12.3 Å². The minimum atomic E-state index is -4.47. The molecular weight excluding hydrogens is 409 g/mol. The molecular formula is C23H25F3N2O3. The molecule has 0 spiro atoms. The molecule has 0 bridgehead atoms. The summed E-state index contributed by atoms with van der Waals surface area (Å²) in [5, 5.41) is 0. The number of benzene rings is 2. The number of amides is 2. The van der Waals surface area contributed by atoms with Gasteiger partial charge in [0.25, 0.3) is 5.91 Å². The van der Waals surface area contributed by atoms with Crippen LogP contribution < -0.4 is 9.80 Å². The average molecular weight is 434 g/mol. The molecule has 1 aliphatic rings. The number of carbonyl (C=O) groups excluding carboxylic acids is 2. The number of alkyl halides is 3. The minimum absolute atomic E-state index is 0.150. The fourth-order valence-corrected chi connectivity index (χ4v) is 3.68. The number of rotatable bonds is 3. The third-order valence-corrected chi connectivity index (χ3v) is 5.54. The molecule has 2 aromatic carbocycles. The van der Waals surface area contributed by atoms with Gasteiger partial charge in [-0.15, -0.1) is 0 Å². The van der Waals surface area contributed by atoms with E-state index in [0.717, 1.165) is 23.3 Å². The van der Waals surface area contributed by atoms with Gasteiger partial charge < -0.3 is 9.64 Å². The molecule has 0 saturated carbocycles. The Morgan fingerprint density at radius 2 is 1.61 bits per heavy atom. The van der Waals surface area contributed by atoms with Gasteiger partial charge in [0.05, 0.1) is 29.6 Å². The molecule has 0 fully saturated rings. The van der Waals surface area contributed by atoms with Crippen molar-refractivity contribution >= 4 is 23.4 Å². The Morgan fingerprint density at radius 3 is 2.13 bits per heavy atom. The van der Waals surface area contributed by atoms with Gasteiger partial charge in [0, 0.05) is 12.1 Å². The third-order valence-electron chi connectivity index (χ3n) is 5.54. The Kier molecular flexibility index (Phi) is 6.29. The maximum Gasteiger partial charge on any atom is 0.416 e. The lowest BCUT2D eigenvalue weighted by atomic mass is 9.99. The summed E-state index contributed by atoms with van der Waals surface area (Å²) in [6.07, 6.45) is -4.39. The second-order valence-corrected chi connectivity index (χ2v) is 7.55. The van der Waals surface area contributed by atoms with Crippen molar-refractivity contribution in [3.63, 3.8) is 0 Å². The topological polar surface area (TPSA) is 49.9 Å². The SMILES string of the molecule is CCOC(=O)N1c2cc(C)c(C)cc2N(C(=O)c2ccc(C(F)(F)F)cc2)CC1CC. The van der Waals surface area contributed by atoms with E-state index in [1.807, 2.05) is 32.9 Å². The van der Waals surface area contributed by atoms with Gasteiger partial charge in [-0.2, -0.15) is 13.2 Å². The van der Waals surface area contributed by atoms with E-state index in [4.69, 9.17) is 4.74 Å². The summed E-state index contributed by atoms with van der Waals surface area (Å²) in [6, 6.07) is 7.52. The number of fused-ring (bicyclic) bond motifs is 1. The quantitative estimate of drug-likeness (QED) is 0.621. The van der Waals surface area contributed by atoms with Crippen molar-refractivity contribution in [1.29, 1.82) is 0 Å². The van der Waals surface area contributed by atoms with Crippen LogP contribution in [0.1, 0.15) is 47.3 Å². The van der Waals surface area contributed by atoms with E-state index in [0.29, 0.717) is 17.8 Å². The molecule has 1 atom stereocenters. The van der Waals surface area contributed by atoms with E-state index in [1.54, 1.807) is 11.8 Å². The first-order chi connectivity index (χ1) is 14.6. The summed E-state index contributed by atoms with van der Waals surface area (Å²) in [5.74, 6) is -0.416. The molecule has 0 radical (unpaired) electrons. The Hall–Kier alpha value is -3.03. The normalized spacial score (nSPS) is 16.2. The number of anilines is 2. The molecule has 31 heavy (non-hydrogen) atoms. The highest BCUT2D eigenvalue weighted by Gasteiger charge is 2.38. The van der Waals surface area contributed by atoms with Crippen LogP contribution in [-0.4, -0.2) is 31.2 Å². The second-order valence-electron chi connectivity index (χ2n) is 7.55. The van der Waals surface area contributed by atoms with E-state index in [-0.39, 0.29) is 24.8 Å². The lowest BCUT2D eigenvalue weighted by molar-refractivity contribution is -0.137. The van der Waals surface area contributed by atoms with Crippen LogP contribution in [0.25, 0.3) is 0 Å². The maximum atomic E-state index is 13.3. The van der Waals surface area contributed by atoms with E-state index in [1.165, 1.54) is 17.0 Å². The average Bonchev–Trinajstić information content (AvgIpc) is 2.72. The summed E-state index contributed by atoms with van der Waals surface area (Å²) < 4.78 is 43.9. The van der Waals surface area contributed by atoms with E-state index < -0.39 is 23.7 Å². The van der Waals surface area contributed by atoms with Crippen molar-refractivity contribution < 1.29 is 27.5 Å². The van der Waals surface area contributed by atoms with Crippen LogP contribution >= 0.6 is 0 Å². The Morgan fingerprint density at radius 1 is 1.03 bits per heavy atom. The predicted molar refractivity (Wildman–Crippen MR) is 113 cm³/mol. The number of ether oxygens (including phenoxy) is 1. The van der Waals surface area contributed by atoms with Crippen molar-refractivity contribution in [2.45, 2.75) is 46.3 Å². The number of halogens is 3. The maximum absolute atomic E-state index is 13.3. The standard InChI is InChI=1S/C23H25F3N2O3/c1-5-18-13-27(21(29)16-7-9-17(10-8-16)23(24,25)26)19-11-14(3)15(4)12-20(19)28(18)22(30)31-6-2/h7-12,18H,5-6,13H2,1-4H3. The molecule has 2 aromatic rings. The lowest BCUT2D eigenvalue weighted by Gasteiger charge is -2.42. The number of hydrogen-bond acceptors (Lipinski definition) is 3. The van der Waals surface area contributed by atoms with Crippen LogP contribution in [0.5, 0.6) is 0 Å². The van der Waals surface area contributed by atoms with Gasteiger partial charge in [-0.3, -0.25) is 9.69 Å². The van der Waals surface area contributed by atoms with E-state index in [9.17, 15) is 22.8 Å². The zero-order valence-electron chi connectivity index (χ0n) is 17.9. The van der Waals surface area contributed by atoms with Crippen molar-refractivity contribution in [1.82, 2.24) is 0 Å². The molecule has 0 N–H and O–H groups in total. The second kappa shape index (κ2) is 8.61. The van der Waals surface area contributed by atoms with Gasteiger partial charge in [0.2, 0.25) is 0 Å². The van der Waals surface area contributed by atoms with Crippen LogP contribution in [-0.2, 0) is 10.9 Å². The van der Waals surface area contributed by atoms with Crippen molar-refractivity contribution in [3.05, 3.63) is 58.7 Å². The monoisotopic (exact) mass is 434 g/mol. The van der Waals surface area contributed by atoms with Gasteiger partial charge in [-0.05, 0) is 74.7 Å². The van der Waals surface area contributed by atoms with Crippen LogP contribution in [0.3, 0.4) is 0 Å². The van der Waals surface area contributed by atoms with E-state index in [2.05, 4.69) is 0 Å². The van der Waals surface area contributed by atoms with Gasteiger partial charge in [0.15, 0.2) is 0 Å². The lowest BCUT2D eigenvalue weighted by Crippen LogP contribution is -2.53. The summed E-state index contributed by atoms with van der Waals surface area (Å²) in [4.78, 5) is 29.1. The number of aryl methyl sites for hydroxylation is 2. The molecule has 2 amide bonds. The first-order valence-electron chi connectivity index (χ1n) is 10.1. The molecule has 1 unspecified atom stereocenters. The molecule has 1 heterocycles. The van der Waals surface area contributed by atoms with E-state index >= 15 is 0 Å². The largest absolute Gasteiger partial charge is 0.449 e. The highest BCUT2D eigenvalue weighted by molar-refractivity contribution is 6.10. The number of nitrogens with zero attached hydrogens (tertiary/aromatic N) is 2. The Bertz CT molecular complexity index is 987. The molecule has 5 nitrogen and oxygen atoms in total. The molecule has 1 aliphatic heterocycles. The molecule has 0 aliphatic carbocycles. The Labute approximate surface area is 179 Å². The fraction of sp³-hybridized carbons (Fsp3) is 0.391. The first kappa shape index (κ1) is 22.7. The molecule has 0 aromatic heterocycles. The van der Waals surface area contributed by atoms with Crippen LogP contribution in [0.4, 0.5) is 29.3 Å². The molecule has 3 rings (SSSR count). The van der Waals surface area contributed by atoms with Crippen LogP contribution in [0.15, 0.2) is 36.4 Å². The zero-order chi connectivity index (χ0) is 22.9. The first-order valence-corrected chi connectivity index (χ1v) is 10.1. The molecule has 166 valence electrons. The van der Waals surface area contributed by atoms with Crippen LogP contribution in [0, 0.1) is 13.8 Å². The number of hydrogen-bond donors (Lipinski definition) is 0. The van der Waals surface area contributed by atoms with Gasteiger partial charge in [-0.1, -0.05) is 6.92 Å². The highest BCUT2D eigenvalue weighted by Crippen LogP contribution is 2.40. The van der Waals surface area contributed by atoms with Gasteiger partial charge in [-0.25, -0.2) is 4.79 Å². The van der Waals surface area contributed by atoms with Crippen molar-refractivity contribution in [2.24, 2.45) is 0 Å². The fourth-order valence-electron chi connectivity index (χ4n) is 3.68. The molecule has 8 heteroatoms. The smallest absolute Gasteiger partial charge is 0.416 e. The van der Waals surface area contributed by atoms with Crippen LogP contribution in [0.2, 0.25) is 0 Å². The van der Waals surface area contributed by atoms with Gasteiger partial charge in [0.1, 0.15) is 0 Å². The van der Waals surface area contributed by atoms with Crippen molar-refractivity contribution in [2.75, 3.05) is 23.0 Å². The molecule has 0 saturated heterocycles.